The number of rotatable bonds is 6. The average molecular weight is 436 g/mol. The quantitative estimate of drug-likeness (QED) is 0.730. The number of hydrogen-bond acceptors (Lipinski definition) is 4. The number of nitrogens with zero attached hydrogens (tertiary/aromatic N) is 1. The molecule has 168 valence electrons. The molecule has 2 heterocycles. The highest BCUT2D eigenvalue weighted by atomic mass is 16.5. The molecule has 2 fully saturated rings. The van der Waals surface area contributed by atoms with E-state index in [2.05, 4.69) is 10.6 Å². The van der Waals surface area contributed by atoms with Gasteiger partial charge in [-0.25, -0.2) is 0 Å². The molecule has 7 nitrogen and oxygen atoms in total. The van der Waals surface area contributed by atoms with Crippen LogP contribution in [0.3, 0.4) is 0 Å². The van der Waals surface area contributed by atoms with Crippen molar-refractivity contribution in [1.29, 1.82) is 0 Å². The summed E-state index contributed by atoms with van der Waals surface area (Å²) >= 11 is 0. The van der Waals surface area contributed by atoms with E-state index < -0.39 is 6.10 Å². The van der Waals surface area contributed by atoms with E-state index in [0.717, 1.165) is 18.4 Å². The molecular formula is C25H29N3O4. The van der Waals surface area contributed by atoms with Crippen LogP contribution < -0.4 is 10.6 Å². The molecule has 2 aliphatic rings. The molecule has 2 saturated heterocycles. The van der Waals surface area contributed by atoms with E-state index >= 15 is 0 Å². The van der Waals surface area contributed by atoms with Crippen molar-refractivity contribution in [2.75, 3.05) is 25.0 Å². The third kappa shape index (κ3) is 5.53. The van der Waals surface area contributed by atoms with Crippen LogP contribution >= 0.6 is 0 Å². The molecule has 1 unspecified atom stereocenters. The predicted molar refractivity (Wildman–Crippen MR) is 121 cm³/mol. The lowest BCUT2D eigenvalue weighted by molar-refractivity contribution is -0.126. The largest absolute Gasteiger partial charge is 0.368 e. The summed E-state index contributed by atoms with van der Waals surface area (Å²) in [6.07, 6.45) is 2.47. The fourth-order valence-electron chi connectivity index (χ4n) is 4.19. The van der Waals surface area contributed by atoms with Crippen LogP contribution in [0.4, 0.5) is 5.69 Å². The molecule has 0 aromatic heterocycles. The molecule has 0 radical (unpaired) electrons. The maximum atomic E-state index is 13.0. The Labute approximate surface area is 188 Å². The summed E-state index contributed by atoms with van der Waals surface area (Å²) in [7, 11) is 0. The fraction of sp³-hybridized carbons (Fsp3) is 0.400. The zero-order valence-corrected chi connectivity index (χ0v) is 18.1. The zero-order valence-electron chi connectivity index (χ0n) is 18.1. The van der Waals surface area contributed by atoms with E-state index in [9.17, 15) is 14.4 Å². The third-order valence-corrected chi connectivity index (χ3v) is 6.06. The Bertz CT molecular complexity index is 949. The Hall–Kier alpha value is -3.19. The van der Waals surface area contributed by atoms with Crippen LogP contribution in [-0.2, 0) is 20.9 Å². The topological polar surface area (TPSA) is 87.7 Å². The van der Waals surface area contributed by atoms with Crippen LogP contribution in [0.15, 0.2) is 54.6 Å². The second kappa shape index (κ2) is 10.4. The zero-order chi connectivity index (χ0) is 22.3. The van der Waals surface area contributed by atoms with Crippen molar-refractivity contribution in [3.8, 4) is 0 Å². The first kappa shape index (κ1) is 22.0. The van der Waals surface area contributed by atoms with E-state index in [1.807, 2.05) is 30.3 Å². The normalized spacial score (nSPS) is 18.9. The first-order chi connectivity index (χ1) is 15.6. The van der Waals surface area contributed by atoms with Crippen LogP contribution in [0.1, 0.15) is 41.6 Å². The summed E-state index contributed by atoms with van der Waals surface area (Å²) in [4.78, 5) is 39.5. The van der Waals surface area contributed by atoms with Gasteiger partial charge in [0.25, 0.3) is 11.8 Å². The van der Waals surface area contributed by atoms with Gasteiger partial charge < -0.3 is 20.3 Å². The number of piperidine rings is 1. The standard InChI is InChI=1S/C25H29N3O4/c29-23(26-17-18-6-2-1-3-7-18)19-11-13-28(14-12-19)25(31)20-8-4-9-21(16-20)27-24(30)22-10-5-15-32-22/h1-4,6-9,16,19,22H,5,10-15,17H2,(H,26,29)(H,27,30). The van der Waals surface area contributed by atoms with E-state index in [1.165, 1.54) is 0 Å². The van der Waals surface area contributed by atoms with Crippen LogP contribution in [0.2, 0.25) is 0 Å². The molecule has 0 spiro atoms. The van der Waals surface area contributed by atoms with Crippen LogP contribution in [-0.4, -0.2) is 48.4 Å². The molecule has 2 aromatic carbocycles. The number of anilines is 1. The van der Waals surface area contributed by atoms with Gasteiger partial charge in [0.1, 0.15) is 6.10 Å². The Balaban J connectivity index is 1.27. The Kier molecular flexibility index (Phi) is 7.17. The molecule has 0 aliphatic carbocycles. The molecule has 2 N–H and O–H groups in total. The van der Waals surface area contributed by atoms with Gasteiger partial charge >= 0.3 is 0 Å². The molecule has 3 amide bonds. The summed E-state index contributed by atoms with van der Waals surface area (Å²) in [6.45, 7) is 2.20. The first-order valence-corrected chi connectivity index (χ1v) is 11.2. The third-order valence-electron chi connectivity index (χ3n) is 6.06. The molecule has 32 heavy (non-hydrogen) atoms. The summed E-state index contributed by atoms with van der Waals surface area (Å²) < 4.78 is 5.41. The number of carbonyl (C=O) groups excluding carboxylic acids is 3. The molecule has 2 aromatic rings. The van der Waals surface area contributed by atoms with Crippen molar-refractivity contribution in [3.63, 3.8) is 0 Å². The monoisotopic (exact) mass is 435 g/mol. The summed E-state index contributed by atoms with van der Waals surface area (Å²) in [5, 5.41) is 5.84. The number of benzene rings is 2. The average Bonchev–Trinajstić information content (AvgIpc) is 3.38. The molecule has 2 aliphatic heterocycles. The SMILES string of the molecule is O=C(NCc1ccccc1)C1CCN(C(=O)c2cccc(NC(=O)C3CCCO3)c2)CC1. The maximum Gasteiger partial charge on any atom is 0.253 e. The van der Waals surface area contributed by atoms with Gasteiger partial charge in [-0.3, -0.25) is 14.4 Å². The second-order valence-corrected chi connectivity index (χ2v) is 8.34. The minimum atomic E-state index is -0.415. The molecule has 7 heteroatoms. The van der Waals surface area contributed by atoms with Crippen molar-refractivity contribution in [2.45, 2.75) is 38.3 Å². The highest BCUT2D eigenvalue weighted by molar-refractivity contribution is 5.98. The Morgan fingerprint density at radius 2 is 1.72 bits per heavy atom. The van der Waals surface area contributed by atoms with Crippen molar-refractivity contribution in [1.82, 2.24) is 10.2 Å². The van der Waals surface area contributed by atoms with Gasteiger partial charge in [-0.05, 0) is 49.4 Å². The minimum Gasteiger partial charge on any atom is -0.368 e. The number of likely N-dealkylation sites (tertiary alicyclic amines) is 1. The maximum absolute atomic E-state index is 13.0. The van der Waals surface area contributed by atoms with Gasteiger partial charge in [0.05, 0.1) is 0 Å². The Morgan fingerprint density at radius 1 is 0.938 bits per heavy atom. The smallest absolute Gasteiger partial charge is 0.253 e. The molecule has 1 atom stereocenters. The lowest BCUT2D eigenvalue weighted by Gasteiger charge is -2.31. The van der Waals surface area contributed by atoms with Crippen LogP contribution in [0.25, 0.3) is 0 Å². The lowest BCUT2D eigenvalue weighted by Crippen LogP contribution is -2.43. The van der Waals surface area contributed by atoms with Crippen LogP contribution in [0, 0.1) is 5.92 Å². The van der Waals surface area contributed by atoms with Crippen molar-refractivity contribution in [3.05, 3.63) is 65.7 Å². The summed E-state index contributed by atoms with van der Waals surface area (Å²) in [5.74, 6) is -0.296. The van der Waals surface area contributed by atoms with Crippen molar-refractivity contribution in [2.24, 2.45) is 5.92 Å². The molecular weight excluding hydrogens is 406 g/mol. The van der Waals surface area contributed by atoms with Gasteiger partial charge in [-0.1, -0.05) is 36.4 Å². The second-order valence-electron chi connectivity index (χ2n) is 8.34. The number of nitrogens with one attached hydrogen (secondary N) is 2. The van der Waals surface area contributed by atoms with Gasteiger partial charge in [0, 0.05) is 43.4 Å². The molecule has 4 rings (SSSR count). The number of carbonyl (C=O) groups is 3. The number of ether oxygens (including phenoxy) is 1. The highest BCUT2D eigenvalue weighted by Gasteiger charge is 2.28. The number of amides is 3. The van der Waals surface area contributed by atoms with Crippen molar-refractivity contribution >= 4 is 23.4 Å². The highest BCUT2D eigenvalue weighted by Crippen LogP contribution is 2.21. The van der Waals surface area contributed by atoms with E-state index in [-0.39, 0.29) is 23.6 Å². The van der Waals surface area contributed by atoms with Gasteiger partial charge in [-0.15, -0.1) is 0 Å². The predicted octanol–water partition coefficient (Wildman–Crippen LogP) is 2.97. The van der Waals surface area contributed by atoms with Crippen LogP contribution in [0.5, 0.6) is 0 Å². The Morgan fingerprint density at radius 3 is 2.44 bits per heavy atom. The molecule has 0 bridgehead atoms. The van der Waals surface area contributed by atoms with Gasteiger partial charge in [0.15, 0.2) is 0 Å². The summed E-state index contributed by atoms with van der Waals surface area (Å²) in [6, 6.07) is 16.8. The van der Waals surface area contributed by atoms with Gasteiger partial charge in [-0.2, -0.15) is 0 Å². The fourth-order valence-corrected chi connectivity index (χ4v) is 4.19. The van der Waals surface area contributed by atoms with E-state index in [4.69, 9.17) is 4.74 Å². The minimum absolute atomic E-state index is 0.0415. The summed E-state index contributed by atoms with van der Waals surface area (Å²) in [5.41, 5.74) is 2.19. The number of hydrogen-bond donors (Lipinski definition) is 2. The lowest BCUT2D eigenvalue weighted by atomic mass is 9.95. The van der Waals surface area contributed by atoms with Crippen molar-refractivity contribution < 1.29 is 19.1 Å². The first-order valence-electron chi connectivity index (χ1n) is 11.2. The van der Waals surface area contributed by atoms with Gasteiger partial charge in [0.2, 0.25) is 5.91 Å². The molecule has 0 saturated carbocycles. The van der Waals surface area contributed by atoms with E-state index in [0.29, 0.717) is 50.3 Å². The van der Waals surface area contributed by atoms with E-state index in [1.54, 1.807) is 29.2 Å².